The van der Waals surface area contributed by atoms with Crippen molar-refractivity contribution in [1.82, 2.24) is 15.0 Å². The first-order chi connectivity index (χ1) is 12.1. The zero-order valence-corrected chi connectivity index (χ0v) is 14.0. The van der Waals surface area contributed by atoms with E-state index in [1.807, 2.05) is 6.92 Å². The Morgan fingerprint density at radius 2 is 2.12 bits per heavy atom. The molecule has 25 heavy (non-hydrogen) atoms. The number of likely N-dealkylation sites (tertiary alicyclic amines) is 1. The van der Waals surface area contributed by atoms with Crippen molar-refractivity contribution in [2.75, 3.05) is 13.2 Å². The molecule has 1 aliphatic heterocycles. The van der Waals surface area contributed by atoms with Gasteiger partial charge in [0.15, 0.2) is 12.4 Å². The number of aryl methyl sites for hydroxylation is 1. The van der Waals surface area contributed by atoms with Crippen LogP contribution in [0.3, 0.4) is 0 Å². The number of hydrogen-bond acceptors (Lipinski definition) is 6. The molecular weight excluding hydrogens is 324 g/mol. The zero-order valence-electron chi connectivity index (χ0n) is 14.0. The summed E-state index contributed by atoms with van der Waals surface area (Å²) in [5, 5.41) is 3.98. The first-order valence-electron chi connectivity index (χ1n) is 8.23. The minimum absolute atomic E-state index is 0.0924. The third-order valence-corrected chi connectivity index (χ3v) is 4.16. The average molecular weight is 344 g/mol. The Balaban J connectivity index is 1.60. The van der Waals surface area contributed by atoms with Gasteiger partial charge in [0.1, 0.15) is 5.75 Å². The summed E-state index contributed by atoms with van der Waals surface area (Å²) in [5.41, 5.74) is 5.58. The van der Waals surface area contributed by atoms with Crippen LogP contribution in [0, 0.1) is 0 Å². The Labute approximate surface area is 144 Å². The molecular formula is C17H20N4O4. The minimum Gasteiger partial charge on any atom is -0.484 e. The van der Waals surface area contributed by atoms with Crippen molar-refractivity contribution in [2.45, 2.75) is 32.2 Å². The van der Waals surface area contributed by atoms with Gasteiger partial charge in [-0.3, -0.25) is 9.59 Å². The number of amides is 2. The van der Waals surface area contributed by atoms with Crippen LogP contribution in [0.5, 0.6) is 5.75 Å². The highest BCUT2D eigenvalue weighted by Crippen LogP contribution is 2.30. The largest absolute Gasteiger partial charge is 0.484 e. The van der Waals surface area contributed by atoms with Crippen molar-refractivity contribution in [2.24, 2.45) is 5.73 Å². The van der Waals surface area contributed by atoms with Crippen LogP contribution in [0.2, 0.25) is 0 Å². The quantitative estimate of drug-likeness (QED) is 0.849. The molecule has 0 saturated carbocycles. The summed E-state index contributed by atoms with van der Waals surface area (Å²) in [5.74, 6) is 0.981. The molecule has 1 aliphatic rings. The van der Waals surface area contributed by atoms with E-state index in [-0.39, 0.29) is 18.6 Å². The molecule has 0 radical (unpaired) electrons. The predicted molar refractivity (Wildman–Crippen MR) is 87.8 cm³/mol. The Hall–Kier alpha value is -2.90. The second kappa shape index (κ2) is 7.33. The van der Waals surface area contributed by atoms with Crippen LogP contribution in [0.15, 0.2) is 28.8 Å². The molecule has 0 aliphatic carbocycles. The molecule has 1 saturated heterocycles. The van der Waals surface area contributed by atoms with Crippen LogP contribution in [-0.4, -0.2) is 40.0 Å². The molecule has 132 valence electrons. The molecule has 2 heterocycles. The molecule has 1 aromatic heterocycles. The Kier molecular flexibility index (Phi) is 4.97. The molecule has 8 heteroatoms. The summed E-state index contributed by atoms with van der Waals surface area (Å²) in [4.78, 5) is 29.6. The summed E-state index contributed by atoms with van der Waals surface area (Å²) in [6.45, 7) is 2.49. The molecule has 2 N–H and O–H groups in total. The van der Waals surface area contributed by atoms with Crippen LogP contribution in [-0.2, 0) is 11.2 Å². The van der Waals surface area contributed by atoms with Crippen LogP contribution >= 0.6 is 0 Å². The summed E-state index contributed by atoms with van der Waals surface area (Å²) in [6.07, 6.45) is 2.36. The van der Waals surface area contributed by atoms with E-state index in [1.165, 1.54) is 0 Å². The summed E-state index contributed by atoms with van der Waals surface area (Å²) >= 11 is 0. The van der Waals surface area contributed by atoms with Gasteiger partial charge in [-0.2, -0.15) is 4.98 Å². The van der Waals surface area contributed by atoms with Gasteiger partial charge < -0.3 is 19.9 Å². The first-order valence-corrected chi connectivity index (χ1v) is 8.23. The Morgan fingerprint density at radius 1 is 1.36 bits per heavy atom. The first kappa shape index (κ1) is 16.9. The number of carbonyl (C=O) groups excluding carboxylic acids is 2. The summed E-state index contributed by atoms with van der Waals surface area (Å²) in [6, 6.07) is 6.18. The molecule has 1 fully saturated rings. The van der Waals surface area contributed by atoms with E-state index in [4.69, 9.17) is 15.0 Å². The van der Waals surface area contributed by atoms with Crippen LogP contribution in [0.25, 0.3) is 0 Å². The van der Waals surface area contributed by atoms with Crippen molar-refractivity contribution in [3.8, 4) is 5.75 Å². The summed E-state index contributed by atoms with van der Waals surface area (Å²) < 4.78 is 10.7. The molecule has 2 amide bonds. The lowest BCUT2D eigenvalue weighted by Crippen LogP contribution is -2.34. The van der Waals surface area contributed by atoms with Crippen molar-refractivity contribution in [1.29, 1.82) is 0 Å². The molecule has 0 unspecified atom stereocenters. The van der Waals surface area contributed by atoms with Gasteiger partial charge in [-0.25, -0.2) is 0 Å². The van der Waals surface area contributed by atoms with Crippen molar-refractivity contribution in [3.63, 3.8) is 0 Å². The van der Waals surface area contributed by atoms with E-state index < -0.39 is 5.91 Å². The number of carbonyl (C=O) groups is 2. The van der Waals surface area contributed by atoms with E-state index >= 15 is 0 Å². The van der Waals surface area contributed by atoms with Crippen molar-refractivity contribution in [3.05, 3.63) is 41.5 Å². The van der Waals surface area contributed by atoms with E-state index in [1.54, 1.807) is 29.2 Å². The minimum atomic E-state index is -0.505. The monoisotopic (exact) mass is 344 g/mol. The highest BCUT2D eigenvalue weighted by molar-refractivity contribution is 5.92. The fourth-order valence-electron chi connectivity index (χ4n) is 2.82. The maximum atomic E-state index is 12.5. The zero-order chi connectivity index (χ0) is 17.8. The Morgan fingerprint density at radius 3 is 2.76 bits per heavy atom. The maximum absolute atomic E-state index is 12.5. The van der Waals surface area contributed by atoms with E-state index in [0.29, 0.717) is 36.0 Å². The number of nitrogens with zero attached hydrogens (tertiary/aromatic N) is 3. The second-order valence-electron chi connectivity index (χ2n) is 5.82. The summed E-state index contributed by atoms with van der Waals surface area (Å²) in [7, 11) is 0. The lowest BCUT2D eigenvalue weighted by Gasteiger charge is -2.22. The normalized spacial score (nSPS) is 16.8. The SMILES string of the molecule is CCc1nc([C@H]2CCCN2C(=O)COc2ccc(C(N)=O)cc2)no1. The number of aromatic nitrogens is 2. The number of primary amides is 1. The van der Waals surface area contributed by atoms with E-state index in [0.717, 1.165) is 12.8 Å². The van der Waals surface area contributed by atoms with Gasteiger partial charge in [0.05, 0.1) is 6.04 Å². The third-order valence-electron chi connectivity index (χ3n) is 4.16. The van der Waals surface area contributed by atoms with Crippen molar-refractivity contribution < 1.29 is 18.8 Å². The molecule has 1 aromatic carbocycles. The number of rotatable bonds is 6. The number of ether oxygens (including phenoxy) is 1. The second-order valence-corrected chi connectivity index (χ2v) is 5.82. The van der Waals surface area contributed by atoms with Gasteiger partial charge in [0.25, 0.3) is 5.91 Å². The van der Waals surface area contributed by atoms with Gasteiger partial charge in [-0.05, 0) is 37.1 Å². The molecule has 8 nitrogen and oxygen atoms in total. The van der Waals surface area contributed by atoms with Gasteiger partial charge in [-0.1, -0.05) is 12.1 Å². The van der Waals surface area contributed by atoms with Gasteiger partial charge in [-0.15, -0.1) is 0 Å². The third kappa shape index (κ3) is 3.78. The van der Waals surface area contributed by atoms with Crippen LogP contribution in [0.1, 0.15) is 47.9 Å². The van der Waals surface area contributed by atoms with Crippen LogP contribution in [0.4, 0.5) is 0 Å². The van der Waals surface area contributed by atoms with Gasteiger partial charge in [0.2, 0.25) is 11.8 Å². The molecule has 1 atom stereocenters. The predicted octanol–water partition coefficient (Wildman–Crippen LogP) is 1.47. The Bertz CT molecular complexity index is 756. The van der Waals surface area contributed by atoms with Gasteiger partial charge >= 0.3 is 0 Å². The molecule has 2 aromatic rings. The number of hydrogen-bond donors (Lipinski definition) is 1. The van der Waals surface area contributed by atoms with Gasteiger partial charge in [0, 0.05) is 18.5 Å². The fraction of sp³-hybridized carbons (Fsp3) is 0.412. The lowest BCUT2D eigenvalue weighted by atomic mass is 10.2. The standard InChI is InChI=1S/C17H20N4O4/c1-2-14-19-17(20-25-14)13-4-3-9-21(13)15(22)10-24-12-7-5-11(6-8-12)16(18)23/h5-8,13H,2-4,9-10H2,1H3,(H2,18,23)/t13-/m1/s1. The topological polar surface area (TPSA) is 112 Å². The molecule has 3 rings (SSSR count). The van der Waals surface area contributed by atoms with Crippen LogP contribution < -0.4 is 10.5 Å². The molecule has 0 spiro atoms. The molecule has 0 bridgehead atoms. The number of nitrogens with two attached hydrogens (primary N) is 1. The fourth-order valence-corrected chi connectivity index (χ4v) is 2.82. The highest BCUT2D eigenvalue weighted by atomic mass is 16.5. The highest BCUT2D eigenvalue weighted by Gasteiger charge is 2.33. The lowest BCUT2D eigenvalue weighted by molar-refractivity contribution is -0.134. The maximum Gasteiger partial charge on any atom is 0.261 e. The van der Waals surface area contributed by atoms with Crippen molar-refractivity contribution >= 4 is 11.8 Å². The van der Waals surface area contributed by atoms with E-state index in [2.05, 4.69) is 10.1 Å². The number of benzene rings is 1. The average Bonchev–Trinajstić information content (AvgIpc) is 3.28. The smallest absolute Gasteiger partial charge is 0.261 e. The van der Waals surface area contributed by atoms with E-state index in [9.17, 15) is 9.59 Å².